The van der Waals surface area contributed by atoms with E-state index in [1.165, 1.54) is 5.56 Å². The molecule has 0 spiro atoms. The maximum Gasteiger partial charge on any atom is 0.251 e. The van der Waals surface area contributed by atoms with Crippen molar-refractivity contribution in [2.75, 3.05) is 13.1 Å². The number of carbonyl (C=O) groups is 1. The zero-order chi connectivity index (χ0) is 22.3. The molecule has 2 aromatic heterocycles. The number of aryl methyl sites for hydroxylation is 2. The van der Waals surface area contributed by atoms with Crippen molar-refractivity contribution >= 4 is 5.91 Å². The SMILES string of the molecule is CCn1cc(CN2CCC(Oc3cccc(C(=O)NCc4ccccn4)c3)CC2)c(C)n1. The Hall–Kier alpha value is -3.19. The second-order valence-electron chi connectivity index (χ2n) is 8.22. The number of hydrogen-bond acceptors (Lipinski definition) is 5. The van der Waals surface area contributed by atoms with Gasteiger partial charge in [-0.25, -0.2) is 0 Å². The van der Waals surface area contributed by atoms with Crippen LogP contribution in [0.15, 0.2) is 54.9 Å². The van der Waals surface area contributed by atoms with Crippen molar-refractivity contribution in [3.05, 3.63) is 77.4 Å². The smallest absolute Gasteiger partial charge is 0.251 e. The number of pyridine rings is 1. The first-order valence-electron chi connectivity index (χ1n) is 11.3. The molecule has 4 rings (SSSR count). The molecule has 1 aromatic carbocycles. The predicted molar refractivity (Wildman–Crippen MR) is 123 cm³/mol. The molecule has 1 N–H and O–H groups in total. The van der Waals surface area contributed by atoms with Crippen molar-refractivity contribution in [2.24, 2.45) is 0 Å². The minimum Gasteiger partial charge on any atom is -0.490 e. The first-order chi connectivity index (χ1) is 15.6. The third kappa shape index (κ3) is 5.73. The van der Waals surface area contributed by atoms with E-state index in [-0.39, 0.29) is 12.0 Å². The molecule has 3 aromatic rings. The second kappa shape index (κ2) is 10.4. The summed E-state index contributed by atoms with van der Waals surface area (Å²) in [5.41, 5.74) is 3.84. The van der Waals surface area contributed by atoms with E-state index in [4.69, 9.17) is 4.74 Å². The average molecular weight is 434 g/mol. The summed E-state index contributed by atoms with van der Waals surface area (Å²) >= 11 is 0. The Morgan fingerprint density at radius 3 is 2.75 bits per heavy atom. The van der Waals surface area contributed by atoms with Crippen LogP contribution in [-0.2, 0) is 19.6 Å². The monoisotopic (exact) mass is 433 g/mol. The fourth-order valence-corrected chi connectivity index (χ4v) is 3.98. The molecule has 0 bridgehead atoms. The fourth-order valence-electron chi connectivity index (χ4n) is 3.98. The minimum atomic E-state index is -0.126. The van der Waals surface area contributed by atoms with E-state index in [1.54, 1.807) is 6.20 Å². The third-order valence-electron chi connectivity index (χ3n) is 5.86. The van der Waals surface area contributed by atoms with E-state index < -0.39 is 0 Å². The molecule has 1 fully saturated rings. The van der Waals surface area contributed by atoms with E-state index in [1.807, 2.05) is 47.1 Å². The van der Waals surface area contributed by atoms with Crippen LogP contribution in [0, 0.1) is 6.92 Å². The van der Waals surface area contributed by atoms with Crippen molar-refractivity contribution in [1.29, 1.82) is 0 Å². The highest BCUT2D eigenvalue weighted by atomic mass is 16.5. The molecule has 0 saturated carbocycles. The molecule has 7 nitrogen and oxygen atoms in total. The van der Waals surface area contributed by atoms with Gasteiger partial charge in [0.05, 0.1) is 17.9 Å². The predicted octanol–water partition coefficient (Wildman–Crippen LogP) is 3.58. The Labute approximate surface area is 189 Å². The van der Waals surface area contributed by atoms with Crippen LogP contribution < -0.4 is 10.1 Å². The highest BCUT2D eigenvalue weighted by molar-refractivity contribution is 5.94. The first-order valence-corrected chi connectivity index (χ1v) is 11.3. The van der Waals surface area contributed by atoms with Gasteiger partial charge in [-0.05, 0) is 57.0 Å². The van der Waals surface area contributed by atoms with Crippen LogP contribution in [0.2, 0.25) is 0 Å². The van der Waals surface area contributed by atoms with Gasteiger partial charge in [0.1, 0.15) is 11.9 Å². The van der Waals surface area contributed by atoms with Gasteiger partial charge in [0.15, 0.2) is 0 Å². The molecule has 168 valence electrons. The summed E-state index contributed by atoms with van der Waals surface area (Å²) in [6.45, 7) is 8.41. The standard InChI is InChI=1S/C25H31N5O2/c1-3-30-18-21(19(2)28-30)17-29-13-10-23(11-14-29)32-24-9-6-7-20(15-24)25(31)27-16-22-8-4-5-12-26-22/h4-9,12,15,18,23H,3,10-11,13-14,16-17H2,1-2H3,(H,27,31). The lowest BCUT2D eigenvalue weighted by Crippen LogP contribution is -2.37. The molecule has 0 atom stereocenters. The van der Waals surface area contributed by atoms with E-state index in [0.717, 1.165) is 56.2 Å². The molecule has 1 aliphatic rings. The van der Waals surface area contributed by atoms with Crippen LogP contribution >= 0.6 is 0 Å². The van der Waals surface area contributed by atoms with E-state index in [2.05, 4.69) is 40.3 Å². The molecule has 1 saturated heterocycles. The lowest BCUT2D eigenvalue weighted by Gasteiger charge is -2.32. The van der Waals surface area contributed by atoms with Gasteiger partial charge in [-0.3, -0.25) is 19.4 Å². The van der Waals surface area contributed by atoms with Crippen LogP contribution in [-0.4, -0.2) is 44.8 Å². The molecule has 0 radical (unpaired) electrons. The molecular formula is C25H31N5O2. The van der Waals surface area contributed by atoms with E-state index >= 15 is 0 Å². The molecule has 1 amide bonds. The lowest BCUT2D eigenvalue weighted by molar-refractivity contribution is 0.0934. The summed E-state index contributed by atoms with van der Waals surface area (Å²) in [5, 5.41) is 7.46. The number of aromatic nitrogens is 3. The average Bonchev–Trinajstić information content (AvgIpc) is 3.19. The molecule has 32 heavy (non-hydrogen) atoms. The van der Waals surface area contributed by atoms with Crippen LogP contribution in [0.1, 0.15) is 47.1 Å². The highest BCUT2D eigenvalue weighted by Gasteiger charge is 2.22. The maximum atomic E-state index is 12.5. The molecule has 0 aliphatic carbocycles. The van der Waals surface area contributed by atoms with E-state index in [9.17, 15) is 4.79 Å². The number of nitrogens with zero attached hydrogens (tertiary/aromatic N) is 4. The summed E-state index contributed by atoms with van der Waals surface area (Å²) < 4.78 is 8.22. The third-order valence-corrected chi connectivity index (χ3v) is 5.86. The van der Waals surface area contributed by atoms with E-state index in [0.29, 0.717) is 12.1 Å². The Morgan fingerprint density at radius 2 is 2.03 bits per heavy atom. The van der Waals surface area contributed by atoms with Crippen molar-refractivity contribution in [2.45, 2.75) is 52.4 Å². The Balaban J connectivity index is 1.27. The summed E-state index contributed by atoms with van der Waals surface area (Å²) in [4.78, 5) is 19.2. The molecule has 1 aliphatic heterocycles. The summed E-state index contributed by atoms with van der Waals surface area (Å²) in [6, 6.07) is 13.1. The summed E-state index contributed by atoms with van der Waals surface area (Å²) in [7, 11) is 0. The molecular weight excluding hydrogens is 402 g/mol. The van der Waals surface area contributed by atoms with Crippen LogP contribution in [0.4, 0.5) is 0 Å². The van der Waals surface area contributed by atoms with Gasteiger partial charge < -0.3 is 10.1 Å². The second-order valence-corrected chi connectivity index (χ2v) is 8.22. The van der Waals surface area contributed by atoms with Gasteiger partial charge in [-0.2, -0.15) is 5.10 Å². The molecule has 3 heterocycles. The van der Waals surface area contributed by atoms with Crippen LogP contribution in [0.3, 0.4) is 0 Å². The first kappa shape index (κ1) is 22.0. The van der Waals surface area contributed by atoms with Gasteiger partial charge in [-0.15, -0.1) is 0 Å². The number of piperidine rings is 1. The van der Waals surface area contributed by atoms with Crippen LogP contribution in [0.5, 0.6) is 5.75 Å². The van der Waals surface area contributed by atoms with Gasteiger partial charge >= 0.3 is 0 Å². The Morgan fingerprint density at radius 1 is 1.19 bits per heavy atom. The summed E-state index contributed by atoms with van der Waals surface area (Å²) in [5.74, 6) is 0.618. The number of ether oxygens (including phenoxy) is 1. The Kier molecular flexibility index (Phi) is 7.17. The number of carbonyl (C=O) groups excluding carboxylic acids is 1. The number of hydrogen-bond donors (Lipinski definition) is 1. The molecule has 7 heteroatoms. The summed E-state index contributed by atoms with van der Waals surface area (Å²) in [6.07, 6.45) is 5.98. The van der Waals surface area contributed by atoms with Crippen molar-refractivity contribution in [1.82, 2.24) is 25.0 Å². The zero-order valence-electron chi connectivity index (χ0n) is 18.8. The largest absolute Gasteiger partial charge is 0.490 e. The van der Waals surface area contributed by atoms with Crippen molar-refractivity contribution in [3.8, 4) is 5.75 Å². The number of benzene rings is 1. The highest BCUT2D eigenvalue weighted by Crippen LogP contribution is 2.22. The maximum absolute atomic E-state index is 12.5. The number of nitrogens with one attached hydrogen (secondary N) is 1. The fraction of sp³-hybridized carbons (Fsp3) is 0.400. The van der Waals surface area contributed by atoms with Crippen molar-refractivity contribution < 1.29 is 9.53 Å². The lowest BCUT2D eigenvalue weighted by atomic mass is 10.1. The van der Waals surface area contributed by atoms with Gasteiger partial charge in [0.2, 0.25) is 0 Å². The van der Waals surface area contributed by atoms with Crippen molar-refractivity contribution in [3.63, 3.8) is 0 Å². The Bertz CT molecular complexity index is 1030. The number of amides is 1. The van der Waals surface area contributed by atoms with Crippen LogP contribution in [0.25, 0.3) is 0 Å². The van der Waals surface area contributed by atoms with Gasteiger partial charge in [0, 0.05) is 49.7 Å². The zero-order valence-corrected chi connectivity index (χ0v) is 18.8. The number of rotatable bonds is 8. The normalized spacial score (nSPS) is 14.9. The van der Waals surface area contributed by atoms with Gasteiger partial charge in [-0.1, -0.05) is 12.1 Å². The quantitative estimate of drug-likeness (QED) is 0.588. The number of likely N-dealkylation sites (tertiary alicyclic amines) is 1. The van der Waals surface area contributed by atoms with Gasteiger partial charge in [0.25, 0.3) is 5.91 Å². The minimum absolute atomic E-state index is 0.126. The molecule has 0 unspecified atom stereocenters. The topological polar surface area (TPSA) is 72.3 Å².